The fraction of sp³-hybridized carbons (Fsp3) is 0.333. The van der Waals surface area contributed by atoms with Gasteiger partial charge in [-0.1, -0.05) is 0 Å². The maximum atomic E-state index is 11.4. The summed E-state index contributed by atoms with van der Waals surface area (Å²) in [5.74, 6) is -0.196. The van der Waals surface area contributed by atoms with Crippen LogP contribution in [0.2, 0.25) is 0 Å². The fourth-order valence-corrected chi connectivity index (χ4v) is 1.88. The largest absolute Gasteiger partial charge is 0.397 e. The van der Waals surface area contributed by atoms with Gasteiger partial charge in [0.25, 0.3) is 5.91 Å². The summed E-state index contributed by atoms with van der Waals surface area (Å²) in [5, 5.41) is 8.37. The molecule has 0 spiro atoms. The summed E-state index contributed by atoms with van der Waals surface area (Å²) in [5.41, 5.74) is 8.49. The van der Waals surface area contributed by atoms with Crippen molar-refractivity contribution in [3.63, 3.8) is 0 Å². The van der Waals surface area contributed by atoms with Crippen molar-refractivity contribution in [2.24, 2.45) is 0 Å². The Bertz CT molecular complexity index is 499. The van der Waals surface area contributed by atoms with E-state index in [2.05, 4.69) is 16.0 Å². The highest BCUT2D eigenvalue weighted by Crippen LogP contribution is 2.26. The Balaban J connectivity index is 2.10. The van der Waals surface area contributed by atoms with Crippen LogP contribution in [0.15, 0.2) is 12.1 Å². The number of nitrogens with one attached hydrogen (secondary N) is 3. The zero-order chi connectivity index (χ0) is 13.1. The first kappa shape index (κ1) is 12.2. The van der Waals surface area contributed by atoms with Crippen molar-refractivity contribution in [3.05, 3.63) is 23.3 Å². The molecule has 0 aliphatic carbocycles. The number of nitrogens with two attached hydrogens (primary N) is 1. The molecule has 2 rings (SSSR count). The SMILES string of the molecule is CCNC(=O)CNc1cc2c(cc1N)C(=O)NC2. The molecule has 96 valence electrons. The molecule has 5 N–H and O–H groups in total. The maximum Gasteiger partial charge on any atom is 0.251 e. The van der Waals surface area contributed by atoms with Crippen LogP contribution in [0.4, 0.5) is 11.4 Å². The van der Waals surface area contributed by atoms with Crippen molar-refractivity contribution >= 4 is 23.2 Å². The Morgan fingerprint density at radius 3 is 3.00 bits per heavy atom. The van der Waals surface area contributed by atoms with Crippen molar-refractivity contribution in [2.45, 2.75) is 13.5 Å². The molecule has 1 aromatic carbocycles. The lowest BCUT2D eigenvalue weighted by molar-refractivity contribution is -0.119. The highest BCUT2D eigenvalue weighted by Gasteiger charge is 2.20. The molecular formula is C12H16N4O2. The second kappa shape index (κ2) is 4.95. The van der Waals surface area contributed by atoms with Gasteiger partial charge < -0.3 is 21.7 Å². The van der Waals surface area contributed by atoms with Crippen LogP contribution in [-0.4, -0.2) is 24.9 Å². The number of anilines is 2. The topological polar surface area (TPSA) is 96.2 Å². The number of rotatable bonds is 4. The molecule has 0 saturated carbocycles. The second-order valence-corrected chi connectivity index (χ2v) is 4.09. The van der Waals surface area contributed by atoms with Gasteiger partial charge in [0, 0.05) is 18.7 Å². The molecule has 0 bridgehead atoms. The first-order valence-electron chi connectivity index (χ1n) is 5.83. The number of fused-ring (bicyclic) bond motifs is 1. The van der Waals surface area contributed by atoms with Gasteiger partial charge in [-0.25, -0.2) is 0 Å². The first-order valence-corrected chi connectivity index (χ1v) is 5.83. The summed E-state index contributed by atoms with van der Waals surface area (Å²) in [4.78, 5) is 22.8. The van der Waals surface area contributed by atoms with Gasteiger partial charge in [0.2, 0.25) is 5.91 Å². The van der Waals surface area contributed by atoms with Gasteiger partial charge in [-0.15, -0.1) is 0 Å². The van der Waals surface area contributed by atoms with E-state index in [0.29, 0.717) is 30.0 Å². The van der Waals surface area contributed by atoms with Gasteiger partial charge >= 0.3 is 0 Å². The van der Waals surface area contributed by atoms with E-state index in [0.717, 1.165) is 5.56 Å². The monoisotopic (exact) mass is 248 g/mol. The minimum atomic E-state index is -0.105. The third-order valence-corrected chi connectivity index (χ3v) is 2.77. The van der Waals surface area contributed by atoms with E-state index in [9.17, 15) is 9.59 Å². The van der Waals surface area contributed by atoms with E-state index in [1.54, 1.807) is 6.07 Å². The zero-order valence-corrected chi connectivity index (χ0v) is 10.2. The van der Waals surface area contributed by atoms with E-state index < -0.39 is 0 Å². The van der Waals surface area contributed by atoms with Gasteiger partial charge in [0.1, 0.15) is 0 Å². The lowest BCUT2D eigenvalue weighted by Crippen LogP contribution is -2.29. The van der Waals surface area contributed by atoms with Crippen LogP contribution in [0.5, 0.6) is 0 Å². The molecule has 18 heavy (non-hydrogen) atoms. The Labute approximate surface area is 105 Å². The van der Waals surface area contributed by atoms with Crippen molar-refractivity contribution in [1.82, 2.24) is 10.6 Å². The summed E-state index contributed by atoms with van der Waals surface area (Å²) in [6, 6.07) is 3.44. The Morgan fingerprint density at radius 1 is 1.50 bits per heavy atom. The lowest BCUT2D eigenvalue weighted by atomic mass is 10.1. The molecule has 1 aliphatic heterocycles. The average molecular weight is 248 g/mol. The molecule has 0 radical (unpaired) electrons. The normalized spacial score (nSPS) is 12.8. The van der Waals surface area contributed by atoms with Gasteiger partial charge in [-0.2, -0.15) is 0 Å². The maximum absolute atomic E-state index is 11.4. The highest BCUT2D eigenvalue weighted by atomic mass is 16.2. The van der Waals surface area contributed by atoms with Crippen LogP contribution in [0.25, 0.3) is 0 Å². The molecule has 0 aromatic heterocycles. The van der Waals surface area contributed by atoms with Crippen LogP contribution in [-0.2, 0) is 11.3 Å². The molecule has 1 aromatic rings. The smallest absolute Gasteiger partial charge is 0.251 e. The number of likely N-dealkylation sites (N-methyl/N-ethyl adjacent to an activating group) is 1. The van der Waals surface area contributed by atoms with Gasteiger partial charge in [-0.05, 0) is 24.6 Å². The van der Waals surface area contributed by atoms with E-state index in [1.165, 1.54) is 0 Å². The standard InChI is InChI=1S/C12H16N4O2/c1-2-14-11(17)6-15-10-3-7-5-16-12(18)8(7)4-9(10)13/h3-4,15H,2,5-6,13H2,1H3,(H,14,17)(H,16,18). The lowest BCUT2D eigenvalue weighted by Gasteiger charge is -2.10. The predicted molar refractivity (Wildman–Crippen MR) is 69.2 cm³/mol. The minimum Gasteiger partial charge on any atom is -0.397 e. The number of benzene rings is 1. The van der Waals surface area contributed by atoms with Crippen LogP contribution in [0.3, 0.4) is 0 Å². The fourth-order valence-electron chi connectivity index (χ4n) is 1.88. The summed E-state index contributed by atoms with van der Waals surface area (Å²) >= 11 is 0. The van der Waals surface area contributed by atoms with Crippen molar-refractivity contribution < 1.29 is 9.59 Å². The molecule has 6 heteroatoms. The molecule has 0 fully saturated rings. The number of carbonyl (C=O) groups excluding carboxylic acids is 2. The van der Waals surface area contributed by atoms with Gasteiger partial charge in [0.15, 0.2) is 0 Å². The third-order valence-electron chi connectivity index (χ3n) is 2.77. The quantitative estimate of drug-likeness (QED) is 0.566. The molecule has 0 unspecified atom stereocenters. The first-order chi connectivity index (χ1) is 8.61. The summed E-state index contributed by atoms with van der Waals surface area (Å²) in [6.07, 6.45) is 0. The Kier molecular flexibility index (Phi) is 3.36. The minimum absolute atomic E-state index is 0.0911. The van der Waals surface area contributed by atoms with Crippen LogP contribution < -0.4 is 21.7 Å². The molecule has 0 atom stereocenters. The van der Waals surface area contributed by atoms with Crippen molar-refractivity contribution in [3.8, 4) is 0 Å². The predicted octanol–water partition coefficient (Wildman–Crippen LogP) is 0.0602. The number of hydrogen-bond donors (Lipinski definition) is 4. The van der Waals surface area contributed by atoms with Gasteiger partial charge in [-0.3, -0.25) is 9.59 Å². The molecule has 1 heterocycles. The zero-order valence-electron chi connectivity index (χ0n) is 10.2. The Hall–Kier alpha value is -2.24. The third kappa shape index (κ3) is 2.37. The van der Waals surface area contributed by atoms with Crippen molar-refractivity contribution in [2.75, 3.05) is 24.1 Å². The number of hydrogen-bond acceptors (Lipinski definition) is 4. The van der Waals surface area contributed by atoms with Crippen molar-refractivity contribution in [1.29, 1.82) is 0 Å². The van der Waals surface area contributed by atoms with E-state index in [4.69, 9.17) is 5.73 Å². The molecule has 2 amide bonds. The van der Waals surface area contributed by atoms with Crippen LogP contribution in [0, 0.1) is 0 Å². The number of carbonyl (C=O) groups is 2. The highest BCUT2D eigenvalue weighted by molar-refractivity contribution is 6.00. The summed E-state index contributed by atoms with van der Waals surface area (Å²) in [7, 11) is 0. The van der Waals surface area contributed by atoms with Crippen LogP contribution in [0.1, 0.15) is 22.8 Å². The Morgan fingerprint density at radius 2 is 2.28 bits per heavy atom. The van der Waals surface area contributed by atoms with E-state index in [-0.39, 0.29) is 18.4 Å². The summed E-state index contributed by atoms with van der Waals surface area (Å²) in [6.45, 7) is 3.13. The number of nitrogen functional groups attached to an aromatic ring is 1. The second-order valence-electron chi connectivity index (χ2n) is 4.09. The molecule has 0 saturated heterocycles. The molecule has 6 nitrogen and oxygen atoms in total. The van der Waals surface area contributed by atoms with Gasteiger partial charge in [0.05, 0.1) is 17.9 Å². The van der Waals surface area contributed by atoms with Crippen LogP contribution >= 0.6 is 0 Å². The molecular weight excluding hydrogens is 232 g/mol. The van der Waals surface area contributed by atoms with E-state index in [1.807, 2.05) is 13.0 Å². The average Bonchev–Trinajstić information content (AvgIpc) is 2.68. The number of amides is 2. The molecule has 1 aliphatic rings. The summed E-state index contributed by atoms with van der Waals surface area (Å²) < 4.78 is 0. The van der Waals surface area contributed by atoms with E-state index >= 15 is 0 Å².